The van der Waals surface area contributed by atoms with Gasteiger partial charge in [-0.1, -0.05) is 27.5 Å². The molecule has 1 unspecified atom stereocenters. The molecular weight excluding hydrogens is 370 g/mol. The number of morpholine rings is 1. The van der Waals surface area contributed by atoms with Gasteiger partial charge in [-0.25, -0.2) is 4.98 Å². The van der Waals surface area contributed by atoms with Gasteiger partial charge >= 0.3 is 0 Å². The lowest BCUT2D eigenvalue weighted by molar-refractivity contribution is -0.0971. The van der Waals surface area contributed by atoms with Crippen molar-refractivity contribution in [2.75, 3.05) is 13.1 Å². The van der Waals surface area contributed by atoms with E-state index < -0.39 is 11.8 Å². The summed E-state index contributed by atoms with van der Waals surface area (Å²) in [7, 11) is 0. The molecule has 1 fully saturated rings. The van der Waals surface area contributed by atoms with Crippen LogP contribution < -0.4 is 15.8 Å². The summed E-state index contributed by atoms with van der Waals surface area (Å²) in [5, 5.41) is 3.72. The second kappa shape index (κ2) is 5.18. The number of hydrogen-bond acceptors (Lipinski definition) is 5. The Morgan fingerprint density at radius 2 is 2.14 bits per heavy atom. The highest BCUT2D eigenvalue weighted by molar-refractivity contribution is 9.10. The first kappa shape index (κ1) is 14.4. The molecule has 0 aliphatic carbocycles. The Hall–Kier alpha value is -1.18. The number of pyridine rings is 1. The molecule has 7 heteroatoms. The summed E-state index contributed by atoms with van der Waals surface area (Å²) in [4.78, 5) is 4.10. The highest BCUT2D eigenvalue weighted by Crippen LogP contribution is 2.50. The molecule has 0 saturated carbocycles. The maximum Gasteiger partial charge on any atom is 0.152 e. The second-order valence-corrected chi connectivity index (χ2v) is 6.66. The number of nitrogens with two attached hydrogens (primary N) is 1. The number of nitrogens with one attached hydrogen (secondary N) is 1. The third-order valence-electron chi connectivity index (χ3n) is 3.94. The molecule has 4 rings (SSSR count). The van der Waals surface area contributed by atoms with Crippen molar-refractivity contribution in [3.63, 3.8) is 0 Å². The van der Waals surface area contributed by atoms with Crippen molar-refractivity contribution in [3.05, 3.63) is 51.2 Å². The zero-order valence-electron chi connectivity index (χ0n) is 11.5. The monoisotopic (exact) mass is 381 g/mol. The average molecular weight is 383 g/mol. The van der Waals surface area contributed by atoms with E-state index in [1.807, 2.05) is 18.2 Å². The first-order valence-electron chi connectivity index (χ1n) is 6.86. The van der Waals surface area contributed by atoms with E-state index in [0.717, 1.165) is 21.3 Å². The van der Waals surface area contributed by atoms with Crippen LogP contribution in [0.1, 0.15) is 11.1 Å². The summed E-state index contributed by atoms with van der Waals surface area (Å²) in [6.07, 6.45) is 1.20. The molecule has 2 aromatic rings. The Balaban J connectivity index is 1.99. The van der Waals surface area contributed by atoms with E-state index >= 15 is 0 Å². The molecule has 2 aliphatic rings. The molecule has 114 valence electrons. The predicted molar refractivity (Wildman–Crippen MR) is 86.2 cm³/mol. The molecule has 1 spiro atoms. The van der Waals surface area contributed by atoms with E-state index in [4.69, 9.17) is 26.8 Å². The number of benzene rings is 1. The third-order valence-corrected chi connectivity index (χ3v) is 4.64. The summed E-state index contributed by atoms with van der Waals surface area (Å²) in [5.41, 5.74) is 7.06. The van der Waals surface area contributed by atoms with Crippen molar-refractivity contribution in [1.29, 1.82) is 0 Å². The number of aromatic nitrogens is 1. The van der Waals surface area contributed by atoms with Crippen LogP contribution in [0.25, 0.3) is 0 Å². The SMILES string of the molecule is N[C@H]1CNCC2(O1)c1cc(Br)ccc1Oc1cnc(Cl)cc12. The van der Waals surface area contributed by atoms with Crippen molar-refractivity contribution in [2.24, 2.45) is 5.73 Å². The van der Waals surface area contributed by atoms with Gasteiger partial charge in [0.05, 0.1) is 6.20 Å². The summed E-state index contributed by atoms with van der Waals surface area (Å²) in [6, 6.07) is 7.60. The zero-order valence-corrected chi connectivity index (χ0v) is 13.8. The van der Waals surface area contributed by atoms with E-state index in [1.54, 1.807) is 12.3 Å². The zero-order chi connectivity index (χ0) is 15.3. The predicted octanol–water partition coefficient (Wildman–Crippen LogP) is 2.75. The maximum atomic E-state index is 6.21. The Bertz CT molecular complexity index is 704. The van der Waals surface area contributed by atoms with Gasteiger partial charge in [0, 0.05) is 28.7 Å². The number of hydrogen-bond donors (Lipinski definition) is 2. The van der Waals surface area contributed by atoms with Crippen LogP contribution in [0.15, 0.2) is 34.9 Å². The van der Waals surface area contributed by atoms with Crippen LogP contribution >= 0.6 is 27.5 Å². The normalized spacial score (nSPS) is 26.2. The molecular formula is C15H13BrClN3O2. The lowest BCUT2D eigenvalue weighted by Crippen LogP contribution is -2.56. The average Bonchev–Trinajstić information content (AvgIpc) is 2.49. The van der Waals surface area contributed by atoms with E-state index in [1.165, 1.54) is 0 Å². The summed E-state index contributed by atoms with van der Waals surface area (Å²) >= 11 is 9.60. The Labute approximate surface area is 140 Å². The van der Waals surface area contributed by atoms with Gasteiger partial charge in [-0.2, -0.15) is 0 Å². The smallest absolute Gasteiger partial charge is 0.152 e. The fourth-order valence-electron chi connectivity index (χ4n) is 3.03. The fraction of sp³-hybridized carbons (Fsp3) is 0.267. The third kappa shape index (κ3) is 2.14. The molecule has 0 amide bonds. The van der Waals surface area contributed by atoms with Crippen LogP contribution in [0.5, 0.6) is 11.5 Å². The standard InChI is InChI=1S/C15H13BrClN3O2/c16-8-1-2-11-9(3-8)15(7-19-6-14(18)22-15)10-4-13(17)20-5-12(10)21-11/h1-5,14,19H,6-7,18H2/t14-,15?/m1/s1. The van der Waals surface area contributed by atoms with Crippen LogP contribution in [0, 0.1) is 0 Å². The molecule has 0 bridgehead atoms. The van der Waals surface area contributed by atoms with E-state index in [2.05, 4.69) is 26.2 Å². The lowest BCUT2D eigenvalue weighted by Gasteiger charge is -2.44. The number of rotatable bonds is 0. The van der Waals surface area contributed by atoms with Crippen molar-refractivity contribution in [1.82, 2.24) is 10.3 Å². The topological polar surface area (TPSA) is 69.4 Å². The van der Waals surface area contributed by atoms with E-state index in [-0.39, 0.29) is 0 Å². The van der Waals surface area contributed by atoms with Gasteiger partial charge in [0.15, 0.2) is 5.75 Å². The van der Waals surface area contributed by atoms with Gasteiger partial charge in [0.2, 0.25) is 0 Å². The molecule has 5 nitrogen and oxygen atoms in total. The minimum Gasteiger partial charge on any atom is -0.455 e. The molecule has 2 atom stereocenters. The number of halogens is 2. The largest absolute Gasteiger partial charge is 0.455 e. The van der Waals surface area contributed by atoms with Crippen LogP contribution in [0.4, 0.5) is 0 Å². The quantitative estimate of drug-likeness (QED) is 0.686. The lowest BCUT2D eigenvalue weighted by atomic mass is 9.82. The van der Waals surface area contributed by atoms with Gasteiger partial charge in [0.25, 0.3) is 0 Å². The molecule has 3 heterocycles. The molecule has 22 heavy (non-hydrogen) atoms. The van der Waals surface area contributed by atoms with Crippen molar-refractivity contribution >= 4 is 27.5 Å². The van der Waals surface area contributed by atoms with Gasteiger partial charge in [-0.05, 0) is 24.3 Å². The van der Waals surface area contributed by atoms with Gasteiger partial charge in [-0.3, -0.25) is 0 Å². The summed E-state index contributed by atoms with van der Waals surface area (Å²) < 4.78 is 13.1. The van der Waals surface area contributed by atoms with Gasteiger partial charge in [0.1, 0.15) is 22.7 Å². The van der Waals surface area contributed by atoms with Crippen molar-refractivity contribution < 1.29 is 9.47 Å². The molecule has 1 saturated heterocycles. The highest BCUT2D eigenvalue weighted by Gasteiger charge is 2.46. The Kier molecular flexibility index (Phi) is 3.39. The first-order chi connectivity index (χ1) is 10.6. The first-order valence-corrected chi connectivity index (χ1v) is 8.04. The summed E-state index contributed by atoms with van der Waals surface area (Å²) in [6.45, 7) is 1.18. The molecule has 2 aliphatic heterocycles. The minimum absolute atomic E-state index is 0.392. The fourth-order valence-corrected chi connectivity index (χ4v) is 3.55. The van der Waals surface area contributed by atoms with Crippen molar-refractivity contribution in [3.8, 4) is 11.5 Å². The molecule has 1 aromatic heterocycles. The van der Waals surface area contributed by atoms with E-state index in [0.29, 0.717) is 24.0 Å². The molecule has 0 radical (unpaired) electrons. The Morgan fingerprint density at radius 1 is 1.32 bits per heavy atom. The number of nitrogens with zero attached hydrogens (tertiary/aromatic N) is 1. The molecule has 1 aromatic carbocycles. The summed E-state index contributed by atoms with van der Waals surface area (Å²) in [5.74, 6) is 1.37. The van der Waals surface area contributed by atoms with Crippen LogP contribution in [0.2, 0.25) is 5.15 Å². The van der Waals surface area contributed by atoms with Gasteiger partial charge in [-0.15, -0.1) is 0 Å². The van der Waals surface area contributed by atoms with Crippen molar-refractivity contribution in [2.45, 2.75) is 11.8 Å². The second-order valence-electron chi connectivity index (χ2n) is 5.36. The minimum atomic E-state index is -0.739. The van der Waals surface area contributed by atoms with Gasteiger partial charge < -0.3 is 20.5 Å². The number of fused-ring (bicyclic) bond motifs is 4. The van der Waals surface area contributed by atoms with Crippen LogP contribution in [-0.2, 0) is 10.3 Å². The highest BCUT2D eigenvalue weighted by atomic mass is 79.9. The maximum absolute atomic E-state index is 6.21. The van der Waals surface area contributed by atoms with Crippen LogP contribution in [0.3, 0.4) is 0 Å². The Morgan fingerprint density at radius 3 is 2.95 bits per heavy atom. The van der Waals surface area contributed by atoms with E-state index in [9.17, 15) is 0 Å². The number of ether oxygens (including phenoxy) is 2. The molecule has 3 N–H and O–H groups in total. The van der Waals surface area contributed by atoms with Crippen LogP contribution in [-0.4, -0.2) is 24.3 Å².